The minimum atomic E-state index is -0.924. The Hall–Kier alpha value is -3.50. The van der Waals surface area contributed by atoms with Crippen molar-refractivity contribution in [2.45, 2.75) is 70.1 Å². The van der Waals surface area contributed by atoms with E-state index in [0.717, 1.165) is 23.1 Å². The lowest BCUT2D eigenvalue weighted by atomic mass is 9.92. The second-order valence-electron chi connectivity index (χ2n) is 10.6. The van der Waals surface area contributed by atoms with Crippen LogP contribution < -0.4 is 16.4 Å². The van der Waals surface area contributed by atoms with Crippen LogP contribution in [0.1, 0.15) is 48.8 Å². The molecule has 0 aliphatic carbocycles. The Morgan fingerprint density at radius 2 is 1.78 bits per heavy atom. The Labute approximate surface area is 244 Å². The number of anilines is 1. The Morgan fingerprint density at radius 1 is 1.07 bits per heavy atom. The smallest absolute Gasteiger partial charge is 0.246 e. The third kappa shape index (κ3) is 7.42. The van der Waals surface area contributed by atoms with E-state index in [2.05, 4.69) is 10.6 Å². The Balaban J connectivity index is 1.47. The van der Waals surface area contributed by atoms with Crippen molar-refractivity contribution in [3.63, 3.8) is 0 Å². The molecule has 2 heterocycles. The number of fused-ring (bicyclic) bond motifs is 1. The summed E-state index contributed by atoms with van der Waals surface area (Å²) < 4.78 is 13.3. The van der Waals surface area contributed by atoms with Gasteiger partial charge in [-0.15, -0.1) is 0 Å². The number of carbonyl (C=O) groups excluding carboxylic acids is 4. The SMILES string of the molecule is Cc1cc(NC(=O)[C@H](CCN)NC(=O)[C@@H]2Cc3ccccc3CN2C(=O)CCC(=O)N2CCC[C@@H]2CF)ccc1Cl. The van der Waals surface area contributed by atoms with Crippen molar-refractivity contribution in [1.82, 2.24) is 15.1 Å². The molecular formula is C30H37ClFN5O4. The van der Waals surface area contributed by atoms with Crippen LogP contribution in [0.5, 0.6) is 0 Å². The van der Waals surface area contributed by atoms with Crippen molar-refractivity contribution in [3.8, 4) is 0 Å². The molecule has 0 aromatic heterocycles. The van der Waals surface area contributed by atoms with E-state index in [1.165, 1.54) is 9.80 Å². The minimum absolute atomic E-state index is 0.0550. The highest BCUT2D eigenvalue weighted by Gasteiger charge is 2.37. The second kappa shape index (κ2) is 13.9. The van der Waals surface area contributed by atoms with E-state index in [1.807, 2.05) is 31.2 Å². The summed E-state index contributed by atoms with van der Waals surface area (Å²) in [5.41, 5.74) is 8.95. The molecule has 41 heavy (non-hydrogen) atoms. The molecule has 2 aromatic carbocycles. The number of likely N-dealkylation sites (tertiary alicyclic amines) is 1. The van der Waals surface area contributed by atoms with Crippen molar-refractivity contribution in [3.05, 3.63) is 64.2 Å². The predicted molar refractivity (Wildman–Crippen MR) is 155 cm³/mol. The molecule has 1 saturated heterocycles. The van der Waals surface area contributed by atoms with E-state index in [1.54, 1.807) is 18.2 Å². The first-order chi connectivity index (χ1) is 19.7. The Bertz CT molecular complexity index is 1290. The normalized spacial score (nSPS) is 18.9. The number of aryl methyl sites for hydroxylation is 1. The molecule has 9 nitrogen and oxygen atoms in total. The second-order valence-corrected chi connectivity index (χ2v) is 11.0. The molecule has 0 spiro atoms. The van der Waals surface area contributed by atoms with Crippen LogP contribution in [0.15, 0.2) is 42.5 Å². The van der Waals surface area contributed by atoms with Crippen LogP contribution in [-0.4, -0.2) is 71.3 Å². The van der Waals surface area contributed by atoms with Crippen molar-refractivity contribution < 1.29 is 23.6 Å². The molecule has 1 fully saturated rings. The number of nitrogens with two attached hydrogens (primary N) is 1. The fourth-order valence-corrected chi connectivity index (χ4v) is 5.62. The molecule has 4 amide bonds. The number of carbonyl (C=O) groups is 4. The van der Waals surface area contributed by atoms with E-state index in [9.17, 15) is 23.6 Å². The zero-order valence-corrected chi connectivity index (χ0v) is 24.0. The number of hydrogen-bond donors (Lipinski definition) is 3. The van der Waals surface area contributed by atoms with Gasteiger partial charge < -0.3 is 26.2 Å². The van der Waals surface area contributed by atoms with E-state index in [-0.39, 0.29) is 50.6 Å². The fraction of sp³-hybridized carbons (Fsp3) is 0.467. The zero-order valence-electron chi connectivity index (χ0n) is 23.2. The van der Waals surface area contributed by atoms with Crippen LogP contribution in [0, 0.1) is 6.92 Å². The van der Waals surface area contributed by atoms with Crippen LogP contribution >= 0.6 is 11.6 Å². The summed E-state index contributed by atoms with van der Waals surface area (Å²) in [5.74, 6) is -1.51. The summed E-state index contributed by atoms with van der Waals surface area (Å²) in [6.07, 6.45) is 1.68. The largest absolute Gasteiger partial charge is 0.342 e. The summed E-state index contributed by atoms with van der Waals surface area (Å²) >= 11 is 6.09. The van der Waals surface area contributed by atoms with Crippen LogP contribution in [0.2, 0.25) is 5.02 Å². The maximum absolute atomic E-state index is 13.6. The third-order valence-electron chi connectivity index (χ3n) is 7.81. The Morgan fingerprint density at radius 3 is 2.46 bits per heavy atom. The molecule has 0 radical (unpaired) electrons. The summed E-state index contributed by atoms with van der Waals surface area (Å²) in [4.78, 5) is 55.9. The van der Waals surface area contributed by atoms with Gasteiger partial charge in [-0.05, 0) is 67.6 Å². The van der Waals surface area contributed by atoms with Crippen LogP contribution in [0.3, 0.4) is 0 Å². The van der Waals surface area contributed by atoms with E-state index >= 15 is 0 Å². The van der Waals surface area contributed by atoms with Gasteiger partial charge >= 0.3 is 0 Å². The molecular weight excluding hydrogens is 549 g/mol. The first-order valence-electron chi connectivity index (χ1n) is 14.0. The van der Waals surface area contributed by atoms with Gasteiger partial charge in [0, 0.05) is 43.1 Å². The highest BCUT2D eigenvalue weighted by molar-refractivity contribution is 6.31. The molecule has 0 saturated carbocycles. The van der Waals surface area contributed by atoms with Crippen molar-refractivity contribution >= 4 is 40.9 Å². The maximum Gasteiger partial charge on any atom is 0.246 e. The number of rotatable bonds is 10. The molecule has 2 aliphatic heterocycles. The van der Waals surface area contributed by atoms with Gasteiger partial charge in [-0.25, -0.2) is 4.39 Å². The van der Waals surface area contributed by atoms with Crippen LogP contribution in [0.4, 0.5) is 10.1 Å². The monoisotopic (exact) mass is 585 g/mol. The summed E-state index contributed by atoms with van der Waals surface area (Å²) in [6, 6.07) is 10.4. The highest BCUT2D eigenvalue weighted by atomic mass is 35.5. The first kappa shape index (κ1) is 30.5. The quantitative estimate of drug-likeness (QED) is 0.395. The van der Waals surface area contributed by atoms with Crippen molar-refractivity contribution in [2.75, 3.05) is 25.1 Å². The lowest BCUT2D eigenvalue weighted by Gasteiger charge is -2.37. The first-order valence-corrected chi connectivity index (χ1v) is 14.4. The van der Waals surface area contributed by atoms with Gasteiger partial charge in [0.05, 0.1) is 6.04 Å². The maximum atomic E-state index is 13.6. The number of alkyl halides is 1. The van der Waals surface area contributed by atoms with Gasteiger partial charge in [-0.3, -0.25) is 19.2 Å². The topological polar surface area (TPSA) is 125 Å². The lowest BCUT2D eigenvalue weighted by Crippen LogP contribution is -2.56. The number of hydrogen-bond acceptors (Lipinski definition) is 5. The molecule has 4 rings (SSSR count). The van der Waals surface area contributed by atoms with Gasteiger partial charge in [-0.2, -0.15) is 0 Å². The number of nitrogens with one attached hydrogen (secondary N) is 2. The predicted octanol–water partition coefficient (Wildman–Crippen LogP) is 3.11. The van der Waals surface area contributed by atoms with Gasteiger partial charge in [0.1, 0.15) is 18.8 Å². The highest BCUT2D eigenvalue weighted by Crippen LogP contribution is 2.26. The van der Waals surface area contributed by atoms with E-state index in [4.69, 9.17) is 17.3 Å². The number of benzene rings is 2. The zero-order chi connectivity index (χ0) is 29.5. The van der Waals surface area contributed by atoms with Crippen molar-refractivity contribution in [1.29, 1.82) is 0 Å². The summed E-state index contributed by atoms with van der Waals surface area (Å²) in [6.45, 7) is 2.08. The van der Waals surface area contributed by atoms with Crippen molar-refractivity contribution in [2.24, 2.45) is 5.73 Å². The fourth-order valence-electron chi connectivity index (χ4n) is 5.50. The van der Waals surface area contributed by atoms with E-state index < -0.39 is 36.6 Å². The van der Waals surface area contributed by atoms with E-state index in [0.29, 0.717) is 23.7 Å². The molecule has 4 N–H and O–H groups in total. The van der Waals surface area contributed by atoms with Gasteiger partial charge in [0.25, 0.3) is 0 Å². The molecule has 2 aromatic rings. The number of halogens is 2. The average Bonchev–Trinajstić information content (AvgIpc) is 3.46. The molecule has 3 atom stereocenters. The summed E-state index contributed by atoms with van der Waals surface area (Å²) in [7, 11) is 0. The van der Waals surface area contributed by atoms with Crippen LogP contribution in [0.25, 0.3) is 0 Å². The third-order valence-corrected chi connectivity index (χ3v) is 8.24. The molecule has 11 heteroatoms. The van der Waals surface area contributed by atoms with Gasteiger partial charge in [-0.1, -0.05) is 35.9 Å². The Kier molecular flexibility index (Phi) is 10.3. The molecule has 0 unspecified atom stereocenters. The number of amides is 4. The number of nitrogens with zero attached hydrogens (tertiary/aromatic N) is 2. The molecule has 2 aliphatic rings. The standard InChI is InChI=1S/C30H37ClFN5O4/c1-19-15-22(8-9-24(19)31)34-29(40)25(12-13-33)35-30(41)26-16-20-5-2-3-6-21(20)18-37(26)28(39)11-10-27(38)36-14-4-7-23(36)17-32/h2-3,5-6,8-9,15,23,25-26H,4,7,10-14,16-18,33H2,1H3,(H,34,40)(H,35,41)/t23-,25+,26+/m1/s1. The van der Waals surface area contributed by atoms with Gasteiger partial charge in [0.15, 0.2) is 0 Å². The minimum Gasteiger partial charge on any atom is -0.342 e. The average molecular weight is 586 g/mol. The van der Waals surface area contributed by atoms with Crippen LogP contribution in [-0.2, 0) is 32.1 Å². The van der Waals surface area contributed by atoms with Gasteiger partial charge in [0.2, 0.25) is 23.6 Å². The summed E-state index contributed by atoms with van der Waals surface area (Å²) in [5, 5.41) is 6.18. The molecule has 0 bridgehead atoms. The molecule has 220 valence electrons. The lowest BCUT2D eigenvalue weighted by molar-refractivity contribution is -0.144.